The van der Waals surface area contributed by atoms with Gasteiger partial charge in [0.25, 0.3) is 0 Å². The lowest BCUT2D eigenvalue weighted by Gasteiger charge is -2.13. The molecule has 3 rings (SSSR count). The van der Waals surface area contributed by atoms with Gasteiger partial charge in [-0.15, -0.1) is 0 Å². The highest BCUT2D eigenvalue weighted by atomic mass is 31.1. The summed E-state index contributed by atoms with van der Waals surface area (Å²) in [5.41, 5.74) is 6.53. The van der Waals surface area contributed by atoms with Crippen LogP contribution >= 0.6 is 17.2 Å². The van der Waals surface area contributed by atoms with Gasteiger partial charge in [0.2, 0.25) is 0 Å². The van der Waals surface area contributed by atoms with E-state index in [0.717, 1.165) is 23.4 Å². The summed E-state index contributed by atoms with van der Waals surface area (Å²) in [4.78, 5) is 10.5. The first-order valence-electron chi connectivity index (χ1n) is 10.2. The molecule has 0 aliphatic carbocycles. The van der Waals surface area contributed by atoms with Crippen molar-refractivity contribution in [1.82, 2.24) is 0 Å². The van der Waals surface area contributed by atoms with E-state index in [1.807, 2.05) is 12.2 Å². The van der Waals surface area contributed by atoms with Gasteiger partial charge in [-0.2, -0.15) is 0 Å². The number of hydrogen-bond donors (Lipinski definition) is 0. The van der Waals surface area contributed by atoms with E-state index in [4.69, 9.17) is 0 Å². The molecule has 0 heterocycles. The minimum Gasteiger partial charge on any atom is -0.299 e. The zero-order chi connectivity index (χ0) is 21.2. The Hall–Kier alpha value is -2.33. The van der Waals surface area contributed by atoms with Crippen molar-refractivity contribution >= 4 is 39.6 Å². The molecule has 0 radical (unpaired) electrons. The van der Waals surface area contributed by atoms with E-state index in [1.165, 1.54) is 56.8 Å². The van der Waals surface area contributed by atoms with Crippen LogP contribution in [0.1, 0.15) is 18.1 Å². The maximum absolute atomic E-state index is 10.5. The predicted octanol–water partition coefficient (Wildman–Crippen LogP) is 6.13. The summed E-state index contributed by atoms with van der Waals surface area (Å²) in [5, 5.41) is 2.86. The molecule has 0 aliphatic rings. The highest BCUT2D eigenvalue weighted by Crippen LogP contribution is 2.28. The largest absolute Gasteiger partial charge is 0.299 e. The average molecular weight is 430 g/mol. The van der Waals surface area contributed by atoms with Crippen molar-refractivity contribution in [2.75, 3.05) is 12.3 Å². The normalized spacial score (nSPS) is 12.5. The molecule has 0 saturated heterocycles. The molecule has 0 aromatic heterocycles. The summed E-state index contributed by atoms with van der Waals surface area (Å²) >= 11 is 0. The fourth-order valence-corrected chi connectivity index (χ4v) is 6.30. The van der Waals surface area contributed by atoms with Crippen LogP contribution < -0.4 is 10.6 Å². The molecule has 0 fully saturated rings. The predicted molar refractivity (Wildman–Crippen MR) is 138 cm³/mol. The van der Waals surface area contributed by atoms with E-state index in [2.05, 4.69) is 86.6 Å². The maximum Gasteiger partial charge on any atom is 0.142 e. The summed E-state index contributed by atoms with van der Waals surface area (Å²) in [6.07, 6.45) is 8.55. The lowest BCUT2D eigenvalue weighted by atomic mass is 10.0. The lowest BCUT2D eigenvalue weighted by molar-refractivity contribution is -0.104. The van der Waals surface area contributed by atoms with Gasteiger partial charge >= 0.3 is 0 Å². The van der Waals surface area contributed by atoms with E-state index in [-0.39, 0.29) is 0 Å². The first-order valence-corrected chi connectivity index (χ1v) is 12.6. The third-order valence-electron chi connectivity index (χ3n) is 5.01. The van der Waals surface area contributed by atoms with E-state index in [1.54, 1.807) is 0 Å². The third-order valence-corrected chi connectivity index (χ3v) is 8.14. The van der Waals surface area contributed by atoms with E-state index < -0.39 is 0 Å². The fourth-order valence-electron chi connectivity index (χ4n) is 3.46. The highest BCUT2D eigenvalue weighted by Gasteiger charge is 2.07. The van der Waals surface area contributed by atoms with E-state index in [9.17, 15) is 4.79 Å². The van der Waals surface area contributed by atoms with Crippen molar-refractivity contribution < 1.29 is 4.79 Å². The smallest absolute Gasteiger partial charge is 0.142 e. The number of aldehydes is 1. The Kier molecular flexibility index (Phi) is 8.76. The number of aryl methyl sites for hydroxylation is 1. The number of hydrogen-bond acceptors (Lipinski definition) is 1. The van der Waals surface area contributed by atoms with Crippen LogP contribution in [0.3, 0.4) is 0 Å². The van der Waals surface area contributed by atoms with Crippen LogP contribution in [0.25, 0.3) is 16.7 Å². The Morgan fingerprint density at radius 1 is 0.767 bits per heavy atom. The second-order valence-corrected chi connectivity index (χ2v) is 9.91. The highest BCUT2D eigenvalue weighted by molar-refractivity contribution is 7.51. The van der Waals surface area contributed by atoms with Crippen LogP contribution in [0, 0.1) is 6.92 Å². The lowest BCUT2D eigenvalue weighted by Crippen LogP contribution is -2.05. The Bertz CT molecular complexity index is 1050. The fraction of sp³-hybridized carbons (Fsp3) is 0.148. The van der Waals surface area contributed by atoms with E-state index >= 15 is 0 Å². The maximum atomic E-state index is 10.5. The Morgan fingerprint density at radius 3 is 2.10 bits per heavy atom. The number of carbonyl (C=O) groups excluding carboxylic acids is 1. The van der Waals surface area contributed by atoms with Crippen LogP contribution in [-0.2, 0) is 4.79 Å². The molecule has 0 spiro atoms. The summed E-state index contributed by atoms with van der Waals surface area (Å²) < 4.78 is 0. The van der Waals surface area contributed by atoms with Gasteiger partial charge in [0, 0.05) is 0 Å². The Balaban J connectivity index is 1.66. The number of rotatable bonds is 9. The molecule has 0 N–H and O–H groups in total. The van der Waals surface area contributed by atoms with Crippen LogP contribution in [0.4, 0.5) is 0 Å². The van der Waals surface area contributed by atoms with Crippen molar-refractivity contribution in [2.24, 2.45) is 0 Å². The molecule has 0 saturated carbocycles. The molecule has 0 amide bonds. The van der Waals surface area contributed by atoms with E-state index in [0.29, 0.717) is 0 Å². The topological polar surface area (TPSA) is 17.1 Å². The van der Waals surface area contributed by atoms with Crippen molar-refractivity contribution in [2.45, 2.75) is 13.8 Å². The zero-order valence-electron chi connectivity index (χ0n) is 17.6. The van der Waals surface area contributed by atoms with Gasteiger partial charge in [-0.1, -0.05) is 102 Å². The molecule has 30 heavy (non-hydrogen) atoms. The van der Waals surface area contributed by atoms with Gasteiger partial charge in [0.1, 0.15) is 6.29 Å². The molecule has 0 bridgehead atoms. The molecule has 152 valence electrons. The molecule has 2 atom stereocenters. The molecule has 0 aliphatic heterocycles. The monoisotopic (exact) mass is 430 g/mol. The van der Waals surface area contributed by atoms with Crippen molar-refractivity contribution in [3.8, 4) is 11.1 Å². The minimum absolute atomic E-state index is 0.787. The molecule has 3 aromatic carbocycles. The van der Waals surface area contributed by atoms with Gasteiger partial charge < -0.3 is 0 Å². The van der Waals surface area contributed by atoms with Crippen molar-refractivity contribution in [3.05, 3.63) is 102 Å². The quantitative estimate of drug-likeness (QED) is 0.131. The average Bonchev–Trinajstić information content (AvgIpc) is 2.78. The zero-order valence-corrected chi connectivity index (χ0v) is 19.6. The van der Waals surface area contributed by atoms with Crippen molar-refractivity contribution in [3.63, 3.8) is 0 Å². The Labute approximate surface area is 183 Å². The minimum atomic E-state index is 0.787. The second kappa shape index (κ2) is 11.8. The molecule has 2 unspecified atom stereocenters. The molecule has 1 nitrogen and oxygen atoms in total. The number of carbonyl (C=O) groups is 1. The molecular formula is C27H28OP2. The Morgan fingerprint density at radius 2 is 1.37 bits per heavy atom. The summed E-state index contributed by atoms with van der Waals surface area (Å²) in [7, 11) is 1.60. The first-order chi connectivity index (χ1) is 14.7. The first kappa shape index (κ1) is 22.4. The second-order valence-electron chi connectivity index (χ2n) is 7.13. The van der Waals surface area contributed by atoms with Crippen molar-refractivity contribution in [1.29, 1.82) is 0 Å². The van der Waals surface area contributed by atoms with Gasteiger partial charge in [0.15, 0.2) is 0 Å². The summed E-state index contributed by atoms with van der Waals surface area (Å²) in [5.74, 6) is 0. The van der Waals surface area contributed by atoms with Crippen LogP contribution in [0.5, 0.6) is 0 Å². The molecular weight excluding hydrogens is 402 g/mol. The SMILES string of the molecule is C/C(=C\C=C/C=O)c1ccccc1PCCPc1ccccc1-c1ccccc1C. The molecule has 3 heteroatoms. The van der Waals surface area contributed by atoms with Crippen LogP contribution in [-0.4, -0.2) is 18.6 Å². The van der Waals surface area contributed by atoms with Gasteiger partial charge in [0.05, 0.1) is 0 Å². The third kappa shape index (κ3) is 6.09. The van der Waals surface area contributed by atoms with Gasteiger partial charge in [-0.05, 0) is 70.7 Å². The summed E-state index contributed by atoms with van der Waals surface area (Å²) in [6.45, 7) is 4.30. The summed E-state index contributed by atoms with van der Waals surface area (Å²) in [6, 6.07) is 26.1. The standard InChI is InChI=1S/C27H28OP2/c1-21-11-3-4-13-23(21)25-15-6-8-17-27(25)30-20-19-29-26-16-7-5-14-24(26)22(2)12-9-10-18-28/h3-18,29-30H,19-20H2,1-2H3/b10-9-,22-12+. The van der Waals surface area contributed by atoms with Gasteiger partial charge in [-0.25, -0.2) is 0 Å². The van der Waals surface area contributed by atoms with Crippen LogP contribution in [0.2, 0.25) is 0 Å². The number of allylic oxidation sites excluding steroid dienone is 4. The van der Waals surface area contributed by atoms with Crippen LogP contribution in [0.15, 0.2) is 91.0 Å². The molecule has 3 aromatic rings. The number of benzene rings is 3. The van der Waals surface area contributed by atoms with Gasteiger partial charge in [-0.3, -0.25) is 4.79 Å².